The van der Waals surface area contributed by atoms with Crippen LogP contribution in [-0.2, 0) is 4.79 Å². The van der Waals surface area contributed by atoms with Gasteiger partial charge in [-0.05, 0) is 24.7 Å². The zero-order valence-electron chi connectivity index (χ0n) is 8.60. The number of nitrogens with two attached hydrogens (primary N) is 1. The van der Waals surface area contributed by atoms with Gasteiger partial charge in [-0.3, -0.25) is 4.79 Å². The van der Waals surface area contributed by atoms with E-state index < -0.39 is 0 Å². The van der Waals surface area contributed by atoms with Crippen LogP contribution in [-0.4, -0.2) is 18.5 Å². The van der Waals surface area contributed by atoms with Crippen LogP contribution >= 0.6 is 0 Å². The first-order chi connectivity index (χ1) is 6.07. The molecule has 1 aliphatic carbocycles. The molecule has 1 saturated carbocycles. The molecule has 76 valence electrons. The van der Waals surface area contributed by atoms with Crippen LogP contribution in [0.1, 0.15) is 39.5 Å². The smallest absolute Gasteiger partial charge is 0.236 e. The summed E-state index contributed by atoms with van der Waals surface area (Å²) in [5.74, 6) is 0.00924. The number of hydrogen-bond donors (Lipinski definition) is 2. The van der Waals surface area contributed by atoms with Crippen LogP contribution in [0.25, 0.3) is 0 Å². The molecule has 13 heavy (non-hydrogen) atoms. The summed E-state index contributed by atoms with van der Waals surface area (Å²) in [5.41, 5.74) is 6.04. The first-order valence-electron chi connectivity index (χ1n) is 5.11. The lowest BCUT2D eigenvalue weighted by Gasteiger charge is -2.13. The maximum absolute atomic E-state index is 11.4. The van der Waals surface area contributed by atoms with Crippen molar-refractivity contribution in [2.24, 2.45) is 11.1 Å². The predicted octanol–water partition coefficient (Wildman–Crippen LogP) is 1.03. The van der Waals surface area contributed by atoms with E-state index in [2.05, 4.69) is 12.2 Å². The summed E-state index contributed by atoms with van der Waals surface area (Å²) in [6.07, 6.45) is 4.21. The van der Waals surface area contributed by atoms with Crippen molar-refractivity contribution in [1.29, 1.82) is 0 Å². The quantitative estimate of drug-likeness (QED) is 0.670. The molecule has 0 radical (unpaired) electrons. The molecule has 0 unspecified atom stereocenters. The second-order valence-electron chi connectivity index (χ2n) is 4.42. The molecule has 3 N–H and O–H groups in total. The summed E-state index contributed by atoms with van der Waals surface area (Å²) in [4.78, 5) is 11.4. The lowest BCUT2D eigenvalue weighted by atomic mass is 10.1. The van der Waals surface area contributed by atoms with Gasteiger partial charge >= 0.3 is 0 Å². The minimum atomic E-state index is -0.313. The normalized spacial score (nSPS) is 20.8. The van der Waals surface area contributed by atoms with Gasteiger partial charge in [0.2, 0.25) is 5.91 Å². The fourth-order valence-electron chi connectivity index (χ4n) is 1.26. The predicted molar refractivity (Wildman–Crippen MR) is 53.2 cm³/mol. The van der Waals surface area contributed by atoms with Crippen LogP contribution in [0, 0.1) is 5.41 Å². The monoisotopic (exact) mass is 184 g/mol. The fraction of sp³-hybridized carbons (Fsp3) is 0.900. The third kappa shape index (κ3) is 3.35. The zero-order valence-corrected chi connectivity index (χ0v) is 8.60. The van der Waals surface area contributed by atoms with E-state index in [4.69, 9.17) is 5.73 Å². The van der Waals surface area contributed by atoms with E-state index in [0.717, 1.165) is 19.4 Å². The molecule has 0 spiro atoms. The van der Waals surface area contributed by atoms with Gasteiger partial charge in [0.1, 0.15) is 0 Å². The second kappa shape index (κ2) is 4.09. The first-order valence-corrected chi connectivity index (χ1v) is 5.11. The largest absolute Gasteiger partial charge is 0.354 e. The molecule has 1 aliphatic rings. The van der Waals surface area contributed by atoms with Gasteiger partial charge in [-0.25, -0.2) is 0 Å². The van der Waals surface area contributed by atoms with Gasteiger partial charge < -0.3 is 11.1 Å². The summed E-state index contributed by atoms with van der Waals surface area (Å²) in [6, 6.07) is -0.313. The van der Waals surface area contributed by atoms with Gasteiger partial charge in [0, 0.05) is 6.54 Å². The number of hydrogen-bond acceptors (Lipinski definition) is 2. The summed E-state index contributed by atoms with van der Waals surface area (Å²) in [7, 11) is 0. The number of carbonyl (C=O) groups is 1. The molecule has 1 atom stereocenters. The average molecular weight is 184 g/mol. The van der Waals surface area contributed by atoms with Crippen molar-refractivity contribution in [2.45, 2.75) is 45.6 Å². The van der Waals surface area contributed by atoms with Crippen molar-refractivity contribution in [3.8, 4) is 0 Å². The summed E-state index contributed by atoms with van der Waals surface area (Å²) in [6.45, 7) is 5.03. The number of rotatable bonds is 5. The van der Waals surface area contributed by atoms with Crippen LogP contribution in [0.15, 0.2) is 0 Å². The topological polar surface area (TPSA) is 55.1 Å². The molecular formula is C10H20N2O. The third-order valence-electron chi connectivity index (χ3n) is 2.73. The van der Waals surface area contributed by atoms with Crippen molar-refractivity contribution in [2.75, 3.05) is 6.54 Å². The number of nitrogens with one attached hydrogen (secondary N) is 1. The fourth-order valence-corrected chi connectivity index (χ4v) is 1.26. The molecule has 0 aromatic heterocycles. The van der Waals surface area contributed by atoms with Gasteiger partial charge in [0.05, 0.1) is 6.04 Å². The Morgan fingerprint density at radius 2 is 2.23 bits per heavy atom. The van der Waals surface area contributed by atoms with Crippen LogP contribution in [0.3, 0.4) is 0 Å². The lowest BCUT2D eigenvalue weighted by Crippen LogP contribution is -2.42. The highest BCUT2D eigenvalue weighted by Gasteiger charge is 2.37. The Kier molecular flexibility index (Phi) is 3.31. The van der Waals surface area contributed by atoms with Crippen molar-refractivity contribution in [3.63, 3.8) is 0 Å². The number of amides is 1. The van der Waals surface area contributed by atoms with Crippen molar-refractivity contribution in [1.82, 2.24) is 5.32 Å². The van der Waals surface area contributed by atoms with Crippen LogP contribution < -0.4 is 11.1 Å². The van der Waals surface area contributed by atoms with Gasteiger partial charge in [-0.1, -0.05) is 20.3 Å². The Hall–Kier alpha value is -0.570. The van der Waals surface area contributed by atoms with Gasteiger partial charge in [-0.2, -0.15) is 0 Å². The molecule has 1 rings (SSSR count). The van der Waals surface area contributed by atoms with E-state index in [1.807, 2.05) is 6.92 Å². The highest BCUT2D eigenvalue weighted by atomic mass is 16.2. The highest BCUT2D eigenvalue weighted by molar-refractivity contribution is 5.81. The summed E-state index contributed by atoms with van der Waals surface area (Å²) < 4.78 is 0. The van der Waals surface area contributed by atoms with Crippen LogP contribution in [0.2, 0.25) is 0 Å². The Bertz CT molecular complexity index is 187. The lowest BCUT2D eigenvalue weighted by molar-refractivity contribution is -0.122. The van der Waals surface area contributed by atoms with Gasteiger partial charge in [-0.15, -0.1) is 0 Å². The van der Waals surface area contributed by atoms with Gasteiger partial charge in [0.25, 0.3) is 0 Å². The van der Waals surface area contributed by atoms with Crippen molar-refractivity contribution < 1.29 is 4.79 Å². The molecule has 1 fully saturated rings. The van der Waals surface area contributed by atoms with E-state index >= 15 is 0 Å². The Labute approximate surface area is 80.1 Å². The standard InChI is InChI=1S/C10H20N2O/c1-3-4-8(11)9(13)12-7-10(2)5-6-10/h8H,3-7,11H2,1-2H3,(H,12,13)/t8-/m1/s1. The average Bonchev–Trinajstić information content (AvgIpc) is 2.81. The Morgan fingerprint density at radius 3 is 2.69 bits per heavy atom. The second-order valence-corrected chi connectivity index (χ2v) is 4.42. The minimum absolute atomic E-state index is 0.00924. The molecule has 3 heteroatoms. The number of carbonyl (C=O) groups excluding carboxylic acids is 1. The highest BCUT2D eigenvalue weighted by Crippen LogP contribution is 2.43. The van der Waals surface area contributed by atoms with E-state index in [0.29, 0.717) is 5.41 Å². The third-order valence-corrected chi connectivity index (χ3v) is 2.73. The van der Waals surface area contributed by atoms with E-state index in [1.165, 1.54) is 12.8 Å². The molecule has 0 bridgehead atoms. The SMILES string of the molecule is CCC[C@@H](N)C(=O)NCC1(C)CC1. The van der Waals surface area contributed by atoms with E-state index in [1.54, 1.807) is 0 Å². The minimum Gasteiger partial charge on any atom is -0.354 e. The molecule has 0 aromatic rings. The molecule has 1 amide bonds. The molecular weight excluding hydrogens is 164 g/mol. The van der Waals surface area contributed by atoms with E-state index in [-0.39, 0.29) is 11.9 Å². The molecule has 0 aliphatic heterocycles. The molecule has 0 heterocycles. The van der Waals surface area contributed by atoms with Gasteiger partial charge in [0.15, 0.2) is 0 Å². The Balaban J connectivity index is 2.16. The molecule has 0 aromatic carbocycles. The zero-order chi connectivity index (χ0) is 9.90. The molecule has 0 saturated heterocycles. The van der Waals surface area contributed by atoms with Crippen molar-refractivity contribution >= 4 is 5.91 Å². The Morgan fingerprint density at radius 1 is 1.62 bits per heavy atom. The summed E-state index contributed by atoms with van der Waals surface area (Å²) in [5, 5.41) is 2.91. The molecule has 3 nitrogen and oxygen atoms in total. The maximum atomic E-state index is 11.4. The van der Waals surface area contributed by atoms with Crippen molar-refractivity contribution in [3.05, 3.63) is 0 Å². The van der Waals surface area contributed by atoms with E-state index in [9.17, 15) is 4.79 Å². The van der Waals surface area contributed by atoms with Crippen LogP contribution in [0.4, 0.5) is 0 Å². The summed E-state index contributed by atoms with van der Waals surface area (Å²) >= 11 is 0. The first kappa shape index (κ1) is 10.5. The van der Waals surface area contributed by atoms with Crippen LogP contribution in [0.5, 0.6) is 0 Å². The maximum Gasteiger partial charge on any atom is 0.236 e.